The van der Waals surface area contributed by atoms with E-state index in [1.165, 1.54) is 9.75 Å². The highest BCUT2D eigenvalue weighted by Gasteiger charge is 2.27. The lowest BCUT2D eigenvalue weighted by atomic mass is 10.2. The van der Waals surface area contributed by atoms with E-state index in [9.17, 15) is 9.90 Å². The number of aliphatic hydroxyl groups excluding tert-OH is 1. The van der Waals surface area contributed by atoms with Crippen LogP contribution in [0.5, 0.6) is 0 Å². The fraction of sp³-hybridized carbons (Fsp3) is 0.615. The SMILES string of the molecule is CCc1ccc(CNC(=O)N2CCCC2CO)s1. The van der Waals surface area contributed by atoms with Gasteiger partial charge in [-0.15, -0.1) is 11.3 Å². The van der Waals surface area contributed by atoms with Gasteiger partial charge in [-0.1, -0.05) is 6.92 Å². The zero-order valence-corrected chi connectivity index (χ0v) is 11.5. The lowest BCUT2D eigenvalue weighted by Gasteiger charge is -2.23. The number of nitrogens with one attached hydrogen (secondary N) is 1. The number of likely N-dealkylation sites (tertiary alicyclic amines) is 1. The van der Waals surface area contributed by atoms with Gasteiger partial charge in [-0.25, -0.2) is 4.79 Å². The van der Waals surface area contributed by atoms with Gasteiger partial charge in [0.25, 0.3) is 0 Å². The van der Waals surface area contributed by atoms with Gasteiger partial charge in [0, 0.05) is 16.3 Å². The van der Waals surface area contributed by atoms with Crippen molar-refractivity contribution in [3.05, 3.63) is 21.9 Å². The van der Waals surface area contributed by atoms with Gasteiger partial charge in [0.05, 0.1) is 19.2 Å². The number of aliphatic hydroxyl groups is 1. The lowest BCUT2D eigenvalue weighted by Crippen LogP contribution is -2.43. The van der Waals surface area contributed by atoms with Crippen molar-refractivity contribution in [1.82, 2.24) is 10.2 Å². The highest BCUT2D eigenvalue weighted by molar-refractivity contribution is 7.11. The van der Waals surface area contributed by atoms with Gasteiger partial charge in [-0.3, -0.25) is 0 Å². The van der Waals surface area contributed by atoms with Crippen LogP contribution in [0.2, 0.25) is 0 Å². The maximum atomic E-state index is 12.0. The van der Waals surface area contributed by atoms with Crippen molar-refractivity contribution in [1.29, 1.82) is 0 Å². The van der Waals surface area contributed by atoms with E-state index < -0.39 is 0 Å². The number of amides is 2. The molecule has 2 amide bonds. The van der Waals surface area contributed by atoms with Gasteiger partial charge >= 0.3 is 6.03 Å². The molecule has 4 nitrogen and oxygen atoms in total. The molecule has 1 unspecified atom stereocenters. The van der Waals surface area contributed by atoms with Crippen molar-refractivity contribution in [2.75, 3.05) is 13.2 Å². The highest BCUT2D eigenvalue weighted by Crippen LogP contribution is 2.18. The van der Waals surface area contributed by atoms with Crippen molar-refractivity contribution >= 4 is 17.4 Å². The van der Waals surface area contributed by atoms with Crippen LogP contribution in [0, 0.1) is 0 Å². The monoisotopic (exact) mass is 268 g/mol. The summed E-state index contributed by atoms with van der Waals surface area (Å²) in [4.78, 5) is 16.2. The Hall–Kier alpha value is -1.07. The van der Waals surface area contributed by atoms with E-state index in [4.69, 9.17) is 0 Å². The summed E-state index contributed by atoms with van der Waals surface area (Å²) in [6, 6.07) is 4.12. The Morgan fingerprint density at radius 3 is 3.00 bits per heavy atom. The maximum Gasteiger partial charge on any atom is 0.318 e. The average Bonchev–Trinajstić information content (AvgIpc) is 3.04. The summed E-state index contributed by atoms with van der Waals surface area (Å²) < 4.78 is 0. The Balaban J connectivity index is 1.84. The Morgan fingerprint density at radius 2 is 2.33 bits per heavy atom. The topological polar surface area (TPSA) is 52.6 Å². The van der Waals surface area contributed by atoms with Crippen LogP contribution in [0.3, 0.4) is 0 Å². The zero-order chi connectivity index (χ0) is 13.0. The third-order valence-electron chi connectivity index (χ3n) is 3.33. The molecule has 1 saturated heterocycles. The third kappa shape index (κ3) is 3.03. The van der Waals surface area contributed by atoms with Gasteiger partial charge in [-0.05, 0) is 31.4 Å². The molecule has 2 rings (SSSR count). The van der Waals surface area contributed by atoms with E-state index in [-0.39, 0.29) is 18.7 Å². The molecule has 1 aromatic heterocycles. The smallest absolute Gasteiger partial charge is 0.318 e. The molecule has 0 spiro atoms. The number of nitrogens with zero attached hydrogens (tertiary/aromatic N) is 1. The molecule has 2 heterocycles. The molecule has 0 aromatic carbocycles. The lowest BCUT2D eigenvalue weighted by molar-refractivity contribution is 0.157. The number of hydrogen-bond donors (Lipinski definition) is 2. The van der Waals surface area contributed by atoms with Crippen molar-refractivity contribution in [2.45, 2.75) is 38.8 Å². The van der Waals surface area contributed by atoms with Gasteiger partial charge in [0.15, 0.2) is 0 Å². The predicted molar refractivity (Wildman–Crippen MR) is 72.7 cm³/mol. The van der Waals surface area contributed by atoms with E-state index in [1.54, 1.807) is 16.2 Å². The summed E-state index contributed by atoms with van der Waals surface area (Å²) in [5.41, 5.74) is 0. The first-order chi connectivity index (χ1) is 8.74. The van der Waals surface area contributed by atoms with Gasteiger partial charge in [0.2, 0.25) is 0 Å². The molecule has 5 heteroatoms. The summed E-state index contributed by atoms with van der Waals surface area (Å²) in [6.45, 7) is 3.52. The zero-order valence-electron chi connectivity index (χ0n) is 10.7. The fourth-order valence-corrected chi connectivity index (χ4v) is 3.16. The van der Waals surface area contributed by atoms with Crippen molar-refractivity contribution in [2.24, 2.45) is 0 Å². The van der Waals surface area contributed by atoms with Crippen LogP contribution < -0.4 is 5.32 Å². The number of thiophene rings is 1. The van der Waals surface area contributed by atoms with E-state index in [1.807, 2.05) is 0 Å². The quantitative estimate of drug-likeness (QED) is 0.877. The first kappa shape index (κ1) is 13.4. The van der Waals surface area contributed by atoms with Crippen molar-refractivity contribution in [3.63, 3.8) is 0 Å². The van der Waals surface area contributed by atoms with Gasteiger partial charge in [0.1, 0.15) is 0 Å². The molecule has 0 bridgehead atoms. The van der Waals surface area contributed by atoms with Crippen LogP contribution in [-0.4, -0.2) is 35.2 Å². The largest absolute Gasteiger partial charge is 0.394 e. The summed E-state index contributed by atoms with van der Waals surface area (Å²) in [6.07, 6.45) is 2.93. The highest BCUT2D eigenvalue weighted by atomic mass is 32.1. The molecular formula is C13H20N2O2S. The number of rotatable bonds is 4. The molecule has 1 atom stereocenters. The van der Waals surface area contributed by atoms with Gasteiger partial charge < -0.3 is 15.3 Å². The van der Waals surface area contributed by atoms with Crippen molar-refractivity contribution in [3.8, 4) is 0 Å². The summed E-state index contributed by atoms with van der Waals surface area (Å²) in [5.74, 6) is 0. The number of carbonyl (C=O) groups is 1. The molecule has 1 fully saturated rings. The van der Waals surface area contributed by atoms with E-state index in [2.05, 4.69) is 24.4 Å². The van der Waals surface area contributed by atoms with Crippen molar-refractivity contribution < 1.29 is 9.90 Å². The molecule has 18 heavy (non-hydrogen) atoms. The molecule has 1 aliphatic heterocycles. The van der Waals surface area contributed by atoms with Gasteiger partial charge in [-0.2, -0.15) is 0 Å². The standard InChI is InChI=1S/C13H20N2O2S/c1-2-11-5-6-12(18-11)8-14-13(17)15-7-3-4-10(15)9-16/h5-6,10,16H,2-4,7-9H2,1H3,(H,14,17). The summed E-state index contributed by atoms with van der Waals surface area (Å²) in [7, 11) is 0. The minimum atomic E-state index is -0.0574. The molecule has 1 aromatic rings. The number of aryl methyl sites for hydroxylation is 1. The fourth-order valence-electron chi connectivity index (χ4n) is 2.26. The second kappa shape index (κ2) is 6.20. The first-order valence-corrected chi connectivity index (χ1v) is 7.29. The maximum absolute atomic E-state index is 12.0. The van der Waals surface area contributed by atoms with E-state index >= 15 is 0 Å². The minimum Gasteiger partial charge on any atom is -0.394 e. The van der Waals surface area contributed by atoms with Crippen LogP contribution >= 0.6 is 11.3 Å². The summed E-state index contributed by atoms with van der Waals surface area (Å²) in [5, 5.41) is 12.1. The third-order valence-corrected chi connectivity index (χ3v) is 4.56. The Bertz CT molecular complexity index is 405. The molecule has 100 valence electrons. The molecule has 0 radical (unpaired) electrons. The van der Waals surface area contributed by atoms with Crippen LogP contribution in [0.25, 0.3) is 0 Å². The number of urea groups is 1. The first-order valence-electron chi connectivity index (χ1n) is 6.47. The Labute approximate surface area is 112 Å². The van der Waals surface area contributed by atoms with Crippen LogP contribution in [-0.2, 0) is 13.0 Å². The van der Waals surface area contributed by atoms with E-state index in [0.29, 0.717) is 6.54 Å². The van der Waals surface area contributed by atoms with Crippen LogP contribution in [0.4, 0.5) is 4.79 Å². The number of carbonyl (C=O) groups excluding carboxylic acids is 1. The minimum absolute atomic E-state index is 0.000427. The second-order valence-corrected chi connectivity index (χ2v) is 5.81. The van der Waals surface area contributed by atoms with Crippen LogP contribution in [0.15, 0.2) is 12.1 Å². The Morgan fingerprint density at radius 1 is 1.56 bits per heavy atom. The summed E-state index contributed by atoms with van der Waals surface area (Å²) >= 11 is 1.74. The predicted octanol–water partition coefficient (Wildman–Crippen LogP) is 1.98. The second-order valence-electron chi connectivity index (χ2n) is 4.55. The molecular weight excluding hydrogens is 248 g/mol. The average molecular weight is 268 g/mol. The molecule has 2 N–H and O–H groups in total. The molecule has 0 saturated carbocycles. The van der Waals surface area contributed by atoms with E-state index in [0.717, 1.165) is 25.8 Å². The number of hydrogen-bond acceptors (Lipinski definition) is 3. The molecule has 1 aliphatic rings. The normalized spacial score (nSPS) is 19.2. The Kier molecular flexibility index (Phi) is 4.60. The van der Waals surface area contributed by atoms with Crippen LogP contribution in [0.1, 0.15) is 29.5 Å². The molecule has 0 aliphatic carbocycles.